The quantitative estimate of drug-likeness (QED) is 0.766. The molecule has 124 valence electrons. The fourth-order valence-electron chi connectivity index (χ4n) is 2.34. The van der Waals surface area contributed by atoms with Gasteiger partial charge in [-0.05, 0) is 11.1 Å². The number of hydrogen-bond donors (Lipinski definition) is 2. The Bertz CT molecular complexity index is 685. The number of carbonyl (C=O) groups is 2. The summed E-state index contributed by atoms with van der Waals surface area (Å²) in [5, 5.41) is 11.9. The lowest BCUT2D eigenvalue weighted by Gasteiger charge is -2.22. The van der Waals surface area contributed by atoms with E-state index in [1.165, 1.54) is 6.08 Å². The Morgan fingerprint density at radius 1 is 1.08 bits per heavy atom. The lowest BCUT2D eigenvalue weighted by atomic mass is 9.91. The zero-order valence-corrected chi connectivity index (χ0v) is 13.1. The van der Waals surface area contributed by atoms with E-state index in [1.807, 2.05) is 36.4 Å². The van der Waals surface area contributed by atoms with Crippen molar-refractivity contribution in [1.82, 2.24) is 5.32 Å². The summed E-state index contributed by atoms with van der Waals surface area (Å²) in [5.41, 5.74) is 1.58. The van der Waals surface area contributed by atoms with Crippen molar-refractivity contribution < 1.29 is 19.4 Å². The van der Waals surface area contributed by atoms with Crippen molar-refractivity contribution in [2.24, 2.45) is 0 Å². The van der Waals surface area contributed by atoms with Crippen LogP contribution >= 0.6 is 0 Å². The highest BCUT2D eigenvalue weighted by atomic mass is 16.5. The van der Waals surface area contributed by atoms with Gasteiger partial charge in [0.25, 0.3) is 0 Å². The molecule has 24 heavy (non-hydrogen) atoms. The van der Waals surface area contributed by atoms with E-state index in [0.717, 1.165) is 11.1 Å². The molecular weight excluding hydrogens is 306 g/mol. The minimum absolute atomic E-state index is 0.0725. The van der Waals surface area contributed by atoms with Gasteiger partial charge in [0, 0.05) is 5.92 Å². The Labute approximate surface area is 140 Å². The molecule has 2 aromatic rings. The highest BCUT2D eigenvalue weighted by Gasteiger charge is 2.29. The highest BCUT2D eigenvalue weighted by Crippen LogP contribution is 2.21. The molecule has 2 atom stereocenters. The summed E-state index contributed by atoms with van der Waals surface area (Å²) < 4.78 is 5.09. The van der Waals surface area contributed by atoms with E-state index in [9.17, 15) is 14.7 Å². The molecule has 5 nitrogen and oxygen atoms in total. The number of amides is 1. The second kappa shape index (κ2) is 8.53. The zero-order chi connectivity index (χ0) is 17.4. The topological polar surface area (TPSA) is 75.6 Å². The average Bonchev–Trinajstić information content (AvgIpc) is 2.61. The van der Waals surface area contributed by atoms with Crippen LogP contribution in [0.25, 0.3) is 0 Å². The normalized spacial score (nSPS) is 12.7. The van der Waals surface area contributed by atoms with Gasteiger partial charge in [0.1, 0.15) is 12.6 Å². The monoisotopic (exact) mass is 325 g/mol. The van der Waals surface area contributed by atoms with Crippen molar-refractivity contribution in [3.05, 3.63) is 84.4 Å². The minimum Gasteiger partial charge on any atom is -0.480 e. The number of hydrogen-bond acceptors (Lipinski definition) is 3. The van der Waals surface area contributed by atoms with Crippen LogP contribution < -0.4 is 5.32 Å². The van der Waals surface area contributed by atoms with Gasteiger partial charge in [0.05, 0.1) is 0 Å². The van der Waals surface area contributed by atoms with E-state index in [-0.39, 0.29) is 6.61 Å². The maximum Gasteiger partial charge on any atom is 0.408 e. The van der Waals surface area contributed by atoms with Gasteiger partial charge < -0.3 is 15.2 Å². The van der Waals surface area contributed by atoms with E-state index in [4.69, 9.17) is 4.74 Å². The number of benzene rings is 2. The third kappa shape index (κ3) is 4.71. The van der Waals surface area contributed by atoms with E-state index < -0.39 is 24.0 Å². The molecule has 0 aliphatic rings. The number of rotatable bonds is 7. The Morgan fingerprint density at radius 3 is 2.21 bits per heavy atom. The van der Waals surface area contributed by atoms with Crippen LogP contribution in [0.15, 0.2) is 73.3 Å². The maximum absolute atomic E-state index is 12.0. The zero-order valence-electron chi connectivity index (χ0n) is 13.1. The number of ether oxygens (including phenoxy) is 1. The summed E-state index contributed by atoms with van der Waals surface area (Å²) in [6, 6.07) is 17.0. The second-order valence-electron chi connectivity index (χ2n) is 5.19. The fraction of sp³-hybridized carbons (Fsp3) is 0.158. The van der Waals surface area contributed by atoms with Gasteiger partial charge in [0.2, 0.25) is 0 Å². The largest absolute Gasteiger partial charge is 0.480 e. The first-order valence-corrected chi connectivity index (χ1v) is 7.49. The molecule has 0 heterocycles. The van der Waals surface area contributed by atoms with Gasteiger partial charge in [0.15, 0.2) is 0 Å². The Balaban J connectivity index is 2.03. The number of aliphatic carboxylic acids is 1. The molecule has 0 fully saturated rings. The van der Waals surface area contributed by atoms with Crippen LogP contribution in [0.2, 0.25) is 0 Å². The van der Waals surface area contributed by atoms with Crippen LogP contribution in [0.1, 0.15) is 17.0 Å². The number of nitrogens with one attached hydrogen (secondary N) is 1. The summed E-state index contributed by atoms with van der Waals surface area (Å²) in [6.07, 6.45) is 0.722. The molecule has 0 saturated heterocycles. The van der Waals surface area contributed by atoms with Crippen LogP contribution in [0.5, 0.6) is 0 Å². The minimum atomic E-state index is -1.16. The van der Waals surface area contributed by atoms with Crippen molar-refractivity contribution in [1.29, 1.82) is 0 Å². The van der Waals surface area contributed by atoms with Gasteiger partial charge in [-0.1, -0.05) is 66.7 Å². The predicted molar refractivity (Wildman–Crippen MR) is 90.6 cm³/mol. The predicted octanol–water partition coefficient (Wildman–Crippen LogP) is 3.34. The SMILES string of the molecule is C=C[C@@H](c1ccccc1)[C@@H](NC(=O)OCc1ccccc1)C(=O)O. The highest BCUT2D eigenvalue weighted by molar-refractivity contribution is 5.81. The average molecular weight is 325 g/mol. The fourth-order valence-corrected chi connectivity index (χ4v) is 2.34. The molecule has 0 aliphatic carbocycles. The molecule has 0 radical (unpaired) electrons. The van der Waals surface area contributed by atoms with Crippen LogP contribution in [0, 0.1) is 0 Å². The molecule has 2 aromatic carbocycles. The second-order valence-corrected chi connectivity index (χ2v) is 5.19. The number of carbonyl (C=O) groups excluding carboxylic acids is 1. The maximum atomic E-state index is 12.0. The first kappa shape index (κ1) is 17.3. The van der Waals surface area contributed by atoms with E-state index in [0.29, 0.717) is 0 Å². The third-order valence-electron chi connectivity index (χ3n) is 3.55. The molecule has 1 amide bonds. The van der Waals surface area contributed by atoms with E-state index in [2.05, 4.69) is 11.9 Å². The first-order valence-electron chi connectivity index (χ1n) is 7.49. The van der Waals surface area contributed by atoms with Crippen molar-refractivity contribution in [2.45, 2.75) is 18.6 Å². The molecule has 0 aliphatic heterocycles. The molecule has 5 heteroatoms. The van der Waals surface area contributed by atoms with Gasteiger partial charge in [-0.25, -0.2) is 9.59 Å². The standard InChI is InChI=1S/C19H19NO4/c1-2-16(15-11-7-4-8-12-15)17(18(21)22)20-19(23)24-13-14-9-5-3-6-10-14/h2-12,16-17H,1,13H2,(H,20,23)(H,21,22)/t16-,17+/m0/s1. The van der Waals surface area contributed by atoms with Crippen molar-refractivity contribution >= 4 is 12.1 Å². The Morgan fingerprint density at radius 2 is 1.67 bits per heavy atom. The van der Waals surface area contributed by atoms with E-state index in [1.54, 1.807) is 24.3 Å². The Kier molecular flexibility index (Phi) is 6.14. The number of carboxylic acids is 1. The van der Waals surface area contributed by atoms with Crippen LogP contribution in [0.4, 0.5) is 4.79 Å². The first-order chi connectivity index (χ1) is 11.6. The number of carboxylic acid groups (broad SMARTS) is 1. The molecule has 0 saturated carbocycles. The van der Waals surface area contributed by atoms with E-state index >= 15 is 0 Å². The van der Waals surface area contributed by atoms with Gasteiger partial charge in [-0.2, -0.15) is 0 Å². The summed E-state index contributed by atoms with van der Waals surface area (Å²) in [4.78, 5) is 23.5. The van der Waals surface area contributed by atoms with Crippen LogP contribution in [0.3, 0.4) is 0 Å². The van der Waals surface area contributed by atoms with Gasteiger partial charge in [-0.3, -0.25) is 0 Å². The molecule has 0 unspecified atom stereocenters. The van der Waals surface area contributed by atoms with Gasteiger partial charge >= 0.3 is 12.1 Å². The third-order valence-corrected chi connectivity index (χ3v) is 3.55. The molecule has 2 rings (SSSR count). The number of alkyl carbamates (subject to hydrolysis) is 1. The van der Waals surface area contributed by atoms with Crippen molar-refractivity contribution in [2.75, 3.05) is 0 Å². The summed E-state index contributed by atoms with van der Waals surface area (Å²) in [7, 11) is 0. The molecule has 0 bridgehead atoms. The molecule has 2 N–H and O–H groups in total. The Hall–Kier alpha value is -3.08. The smallest absolute Gasteiger partial charge is 0.408 e. The molecule has 0 aromatic heterocycles. The summed E-state index contributed by atoms with van der Waals surface area (Å²) in [6.45, 7) is 3.76. The van der Waals surface area contributed by atoms with Crippen molar-refractivity contribution in [3.8, 4) is 0 Å². The molecule has 0 spiro atoms. The summed E-state index contributed by atoms with van der Waals surface area (Å²) >= 11 is 0. The molecular formula is C19H19NO4. The van der Waals surface area contributed by atoms with Gasteiger partial charge in [-0.15, -0.1) is 6.58 Å². The lowest BCUT2D eigenvalue weighted by molar-refractivity contribution is -0.139. The van der Waals surface area contributed by atoms with Crippen LogP contribution in [-0.4, -0.2) is 23.2 Å². The lowest BCUT2D eigenvalue weighted by Crippen LogP contribution is -2.44. The van der Waals surface area contributed by atoms with Crippen molar-refractivity contribution in [3.63, 3.8) is 0 Å². The summed E-state index contributed by atoms with van der Waals surface area (Å²) in [5.74, 6) is -1.71. The van der Waals surface area contributed by atoms with Crippen LogP contribution in [-0.2, 0) is 16.1 Å².